The molecule has 1 N–H and O–H groups in total. The zero-order valence-electron chi connectivity index (χ0n) is 11.0. The lowest BCUT2D eigenvalue weighted by Gasteiger charge is -2.27. The number of nitro benzene ring substituents is 1. The maximum atomic E-state index is 10.8. The quantitative estimate of drug-likeness (QED) is 0.625. The maximum Gasteiger partial charge on any atom is 0.323 e. The lowest BCUT2D eigenvalue weighted by molar-refractivity contribution is -0.385. The Kier molecular flexibility index (Phi) is 4.68. The largest absolute Gasteiger partial charge is 0.490 e. The van der Waals surface area contributed by atoms with Crippen molar-refractivity contribution in [3.63, 3.8) is 0 Å². The van der Waals surface area contributed by atoms with E-state index in [-0.39, 0.29) is 24.0 Å². The molecule has 0 atom stereocenters. The Hall–Kier alpha value is -2.31. The molecule has 0 spiro atoms. The zero-order chi connectivity index (χ0) is 14.6. The Balaban J connectivity index is 3.18. The minimum atomic E-state index is -0.967. The van der Waals surface area contributed by atoms with Crippen molar-refractivity contribution in [2.45, 2.75) is 19.9 Å². The van der Waals surface area contributed by atoms with Gasteiger partial charge < -0.3 is 14.7 Å². The Morgan fingerprint density at radius 3 is 2.58 bits per heavy atom. The smallest absolute Gasteiger partial charge is 0.323 e. The monoisotopic (exact) mass is 268 g/mol. The van der Waals surface area contributed by atoms with Gasteiger partial charge in [-0.1, -0.05) is 0 Å². The second-order valence-electron chi connectivity index (χ2n) is 4.23. The van der Waals surface area contributed by atoms with Gasteiger partial charge in [-0.25, -0.2) is 0 Å². The van der Waals surface area contributed by atoms with Gasteiger partial charge in [-0.15, -0.1) is 0 Å². The van der Waals surface area contributed by atoms with Crippen LogP contribution in [0.5, 0.6) is 5.75 Å². The summed E-state index contributed by atoms with van der Waals surface area (Å²) in [5.41, 5.74) is 0.421. The Bertz CT molecular complexity index is 487. The minimum Gasteiger partial charge on any atom is -0.490 e. The Morgan fingerprint density at radius 2 is 2.16 bits per heavy atom. The average Bonchev–Trinajstić information content (AvgIpc) is 2.34. The number of benzene rings is 1. The van der Waals surface area contributed by atoms with Gasteiger partial charge in [0.15, 0.2) is 5.75 Å². The summed E-state index contributed by atoms with van der Waals surface area (Å²) in [6, 6.07) is 4.25. The highest BCUT2D eigenvalue weighted by molar-refractivity contribution is 5.74. The molecular formula is C12H16N2O5. The van der Waals surface area contributed by atoms with Crippen molar-refractivity contribution in [3.8, 4) is 5.75 Å². The van der Waals surface area contributed by atoms with Crippen molar-refractivity contribution in [2.24, 2.45) is 0 Å². The molecule has 0 bridgehead atoms. The molecule has 1 aromatic carbocycles. The molecule has 0 saturated carbocycles. The normalized spacial score (nSPS) is 10.3. The predicted molar refractivity (Wildman–Crippen MR) is 69.8 cm³/mol. The van der Waals surface area contributed by atoms with Crippen LogP contribution in [0.1, 0.15) is 13.8 Å². The lowest BCUT2D eigenvalue weighted by atomic mass is 10.2. The standard InChI is InChI=1S/C12H16N2O5/c1-8(2)13(7-12(15)16)9-4-5-10(14(17)18)11(6-9)19-3/h4-6,8H,7H2,1-3H3,(H,15,16). The summed E-state index contributed by atoms with van der Waals surface area (Å²) in [7, 11) is 1.34. The van der Waals surface area contributed by atoms with E-state index in [9.17, 15) is 14.9 Å². The Morgan fingerprint density at radius 1 is 1.53 bits per heavy atom. The van der Waals surface area contributed by atoms with E-state index in [0.29, 0.717) is 5.69 Å². The highest BCUT2D eigenvalue weighted by Gasteiger charge is 2.19. The van der Waals surface area contributed by atoms with Gasteiger partial charge in [-0.05, 0) is 19.9 Å². The van der Waals surface area contributed by atoms with E-state index in [4.69, 9.17) is 9.84 Å². The van der Waals surface area contributed by atoms with E-state index in [1.807, 2.05) is 13.8 Å². The first-order valence-electron chi connectivity index (χ1n) is 5.67. The van der Waals surface area contributed by atoms with E-state index < -0.39 is 10.9 Å². The van der Waals surface area contributed by atoms with Gasteiger partial charge in [0.2, 0.25) is 0 Å². The SMILES string of the molecule is COc1cc(N(CC(=O)O)C(C)C)ccc1[N+](=O)[O-]. The number of rotatable bonds is 6. The van der Waals surface area contributed by atoms with E-state index in [0.717, 1.165) is 0 Å². The molecule has 0 aliphatic rings. The summed E-state index contributed by atoms with van der Waals surface area (Å²) in [6.07, 6.45) is 0. The molecule has 0 heterocycles. The van der Waals surface area contributed by atoms with Crippen LogP contribution in [0.15, 0.2) is 18.2 Å². The van der Waals surface area contributed by atoms with Gasteiger partial charge in [0.25, 0.3) is 0 Å². The third-order valence-corrected chi connectivity index (χ3v) is 2.62. The predicted octanol–water partition coefficient (Wildman–Crippen LogP) is 1.90. The number of nitrogens with zero attached hydrogens (tertiary/aromatic N) is 2. The zero-order valence-corrected chi connectivity index (χ0v) is 11.0. The summed E-state index contributed by atoms with van der Waals surface area (Å²) >= 11 is 0. The number of carboxylic acids is 1. The van der Waals surface area contributed by atoms with Gasteiger partial charge in [-0.2, -0.15) is 0 Å². The second kappa shape index (κ2) is 6.03. The molecule has 104 valence electrons. The molecule has 19 heavy (non-hydrogen) atoms. The van der Waals surface area contributed by atoms with Crippen molar-refractivity contribution < 1.29 is 19.6 Å². The number of ether oxygens (including phenoxy) is 1. The molecule has 0 amide bonds. The molecule has 0 saturated heterocycles. The van der Waals surface area contributed by atoms with Gasteiger partial charge in [0.1, 0.15) is 6.54 Å². The van der Waals surface area contributed by atoms with E-state index >= 15 is 0 Å². The molecule has 0 radical (unpaired) electrons. The molecule has 0 fully saturated rings. The van der Waals surface area contributed by atoms with Crippen LogP contribution in [-0.2, 0) is 4.79 Å². The van der Waals surface area contributed by atoms with E-state index in [2.05, 4.69) is 0 Å². The first-order valence-corrected chi connectivity index (χ1v) is 5.67. The minimum absolute atomic E-state index is 0.0535. The van der Waals surface area contributed by atoms with Crippen molar-refractivity contribution in [2.75, 3.05) is 18.6 Å². The third kappa shape index (κ3) is 3.57. The molecule has 1 rings (SSSR count). The van der Waals surface area contributed by atoms with Crippen LogP contribution in [-0.4, -0.2) is 35.7 Å². The molecule has 0 aliphatic heterocycles. The molecular weight excluding hydrogens is 252 g/mol. The van der Waals surface area contributed by atoms with Crippen molar-refractivity contribution in [3.05, 3.63) is 28.3 Å². The van der Waals surface area contributed by atoms with Gasteiger partial charge in [0, 0.05) is 23.9 Å². The number of methoxy groups -OCH3 is 1. The fourth-order valence-electron chi connectivity index (χ4n) is 1.71. The third-order valence-electron chi connectivity index (χ3n) is 2.62. The average molecular weight is 268 g/mol. The molecule has 7 nitrogen and oxygen atoms in total. The van der Waals surface area contributed by atoms with Crippen LogP contribution < -0.4 is 9.64 Å². The van der Waals surface area contributed by atoms with Crippen molar-refractivity contribution in [1.82, 2.24) is 0 Å². The van der Waals surface area contributed by atoms with Crippen LogP contribution in [0, 0.1) is 10.1 Å². The maximum absolute atomic E-state index is 10.8. The number of anilines is 1. The molecule has 0 aliphatic carbocycles. The Labute approximate surface area is 110 Å². The fourth-order valence-corrected chi connectivity index (χ4v) is 1.71. The number of carboxylic acid groups (broad SMARTS) is 1. The van der Waals surface area contributed by atoms with Crippen LogP contribution in [0.4, 0.5) is 11.4 Å². The summed E-state index contributed by atoms with van der Waals surface area (Å²) < 4.78 is 4.97. The summed E-state index contributed by atoms with van der Waals surface area (Å²) in [6.45, 7) is 3.51. The van der Waals surface area contributed by atoms with Crippen LogP contribution in [0.25, 0.3) is 0 Å². The van der Waals surface area contributed by atoms with Crippen LogP contribution in [0.2, 0.25) is 0 Å². The number of aliphatic carboxylic acids is 1. The molecule has 1 aromatic rings. The molecule has 0 unspecified atom stereocenters. The van der Waals surface area contributed by atoms with Crippen LogP contribution in [0.3, 0.4) is 0 Å². The number of carbonyl (C=O) groups is 1. The highest BCUT2D eigenvalue weighted by atomic mass is 16.6. The summed E-state index contributed by atoms with van der Waals surface area (Å²) in [5.74, 6) is -0.857. The van der Waals surface area contributed by atoms with E-state index in [1.165, 1.54) is 25.3 Å². The lowest BCUT2D eigenvalue weighted by Crippen LogP contribution is -2.35. The summed E-state index contributed by atoms with van der Waals surface area (Å²) in [5, 5.41) is 19.7. The molecule has 0 aromatic heterocycles. The van der Waals surface area contributed by atoms with Crippen molar-refractivity contribution >= 4 is 17.3 Å². The van der Waals surface area contributed by atoms with Crippen molar-refractivity contribution in [1.29, 1.82) is 0 Å². The second-order valence-corrected chi connectivity index (χ2v) is 4.23. The fraction of sp³-hybridized carbons (Fsp3) is 0.417. The molecule has 7 heteroatoms. The first-order chi connectivity index (χ1) is 8.86. The summed E-state index contributed by atoms with van der Waals surface area (Å²) in [4.78, 5) is 22.7. The number of nitro groups is 1. The van der Waals surface area contributed by atoms with E-state index in [1.54, 1.807) is 4.90 Å². The van der Waals surface area contributed by atoms with Gasteiger partial charge in [0.05, 0.1) is 12.0 Å². The number of hydrogen-bond donors (Lipinski definition) is 1. The number of hydrogen-bond acceptors (Lipinski definition) is 5. The van der Waals surface area contributed by atoms with Gasteiger partial charge >= 0.3 is 11.7 Å². The highest BCUT2D eigenvalue weighted by Crippen LogP contribution is 2.31. The van der Waals surface area contributed by atoms with Crippen LogP contribution >= 0.6 is 0 Å². The van der Waals surface area contributed by atoms with Gasteiger partial charge in [-0.3, -0.25) is 14.9 Å². The topological polar surface area (TPSA) is 92.9 Å². The first kappa shape index (κ1) is 14.7.